The fourth-order valence-corrected chi connectivity index (χ4v) is 4.51. The molecule has 0 amide bonds. The predicted octanol–water partition coefficient (Wildman–Crippen LogP) is 5.58. The average Bonchev–Trinajstić information content (AvgIpc) is 2.69. The molecular formula is C21H23N2O3P. The van der Waals surface area contributed by atoms with Gasteiger partial charge in [0.05, 0.1) is 30.8 Å². The zero-order valence-corrected chi connectivity index (χ0v) is 16.4. The van der Waals surface area contributed by atoms with Gasteiger partial charge in [-0.25, -0.2) is 0 Å². The van der Waals surface area contributed by atoms with Crippen LogP contribution in [0.2, 0.25) is 0 Å². The van der Waals surface area contributed by atoms with Crippen molar-refractivity contribution in [1.82, 2.24) is 9.97 Å². The van der Waals surface area contributed by atoms with Crippen molar-refractivity contribution < 1.29 is 13.6 Å². The molecule has 27 heavy (non-hydrogen) atoms. The van der Waals surface area contributed by atoms with E-state index in [1.165, 1.54) is 0 Å². The van der Waals surface area contributed by atoms with E-state index in [0.717, 1.165) is 28.1 Å². The summed E-state index contributed by atoms with van der Waals surface area (Å²) in [7, 11) is -3.09. The molecule has 0 aliphatic rings. The van der Waals surface area contributed by atoms with E-state index < -0.39 is 7.60 Å². The number of hydrogen-bond acceptors (Lipinski definition) is 5. The van der Waals surface area contributed by atoms with Crippen LogP contribution >= 0.6 is 7.60 Å². The highest BCUT2D eigenvalue weighted by Crippen LogP contribution is 2.51. The molecule has 2 heterocycles. The summed E-state index contributed by atoms with van der Waals surface area (Å²) < 4.78 is 23.4. The van der Waals surface area contributed by atoms with E-state index >= 15 is 0 Å². The van der Waals surface area contributed by atoms with Crippen molar-refractivity contribution in [2.75, 3.05) is 13.2 Å². The molecule has 3 rings (SSSR count). The van der Waals surface area contributed by atoms with Crippen LogP contribution in [-0.4, -0.2) is 23.2 Å². The van der Waals surface area contributed by atoms with Crippen LogP contribution in [0.4, 0.5) is 0 Å². The van der Waals surface area contributed by atoms with E-state index in [1.54, 1.807) is 12.4 Å². The van der Waals surface area contributed by atoms with E-state index in [-0.39, 0.29) is 6.16 Å². The minimum Gasteiger partial charge on any atom is -0.309 e. The maximum Gasteiger partial charge on any atom is 0.335 e. The summed E-state index contributed by atoms with van der Waals surface area (Å²) in [5.74, 6) is 0. The van der Waals surface area contributed by atoms with Crippen molar-refractivity contribution in [2.24, 2.45) is 0 Å². The number of hydrogen-bond donors (Lipinski definition) is 0. The van der Waals surface area contributed by atoms with Crippen molar-refractivity contribution in [3.05, 3.63) is 72.6 Å². The monoisotopic (exact) mass is 382 g/mol. The average molecular weight is 382 g/mol. The summed E-state index contributed by atoms with van der Waals surface area (Å²) in [6, 6.07) is 17.7. The van der Waals surface area contributed by atoms with Crippen molar-refractivity contribution >= 4 is 7.60 Å². The van der Waals surface area contributed by atoms with Gasteiger partial charge in [0, 0.05) is 12.4 Å². The molecule has 0 aliphatic heterocycles. The smallest absolute Gasteiger partial charge is 0.309 e. The number of aromatic nitrogens is 2. The second-order valence-corrected chi connectivity index (χ2v) is 8.00. The van der Waals surface area contributed by atoms with Crippen LogP contribution in [0.15, 0.2) is 67.0 Å². The molecule has 0 aliphatic carbocycles. The van der Waals surface area contributed by atoms with E-state index in [2.05, 4.69) is 9.97 Å². The van der Waals surface area contributed by atoms with Gasteiger partial charge in [-0.2, -0.15) is 0 Å². The Morgan fingerprint density at radius 1 is 0.815 bits per heavy atom. The predicted molar refractivity (Wildman–Crippen MR) is 107 cm³/mol. The molecule has 0 atom stereocenters. The van der Waals surface area contributed by atoms with Crippen molar-refractivity contribution in [2.45, 2.75) is 20.0 Å². The van der Waals surface area contributed by atoms with Gasteiger partial charge in [0.1, 0.15) is 0 Å². The summed E-state index contributed by atoms with van der Waals surface area (Å²) in [5, 5.41) is 0. The quantitative estimate of drug-likeness (QED) is 0.476. The van der Waals surface area contributed by atoms with Crippen LogP contribution in [0.5, 0.6) is 0 Å². The summed E-state index contributed by atoms with van der Waals surface area (Å²) in [6.07, 6.45) is 3.81. The van der Waals surface area contributed by atoms with Gasteiger partial charge in [-0.15, -0.1) is 0 Å². The molecule has 140 valence electrons. The number of rotatable bonds is 8. The molecule has 6 heteroatoms. The van der Waals surface area contributed by atoms with Gasteiger partial charge in [0.15, 0.2) is 0 Å². The molecule has 0 fully saturated rings. The summed E-state index contributed by atoms with van der Waals surface area (Å²) in [6.45, 7) is 4.36. The van der Waals surface area contributed by atoms with Gasteiger partial charge in [-0.1, -0.05) is 30.3 Å². The van der Waals surface area contributed by atoms with Gasteiger partial charge in [0.2, 0.25) is 0 Å². The second kappa shape index (κ2) is 9.05. The highest BCUT2D eigenvalue weighted by molar-refractivity contribution is 7.53. The van der Waals surface area contributed by atoms with Crippen LogP contribution < -0.4 is 0 Å². The second-order valence-electron chi connectivity index (χ2n) is 5.95. The lowest BCUT2D eigenvalue weighted by Crippen LogP contribution is -1.99. The van der Waals surface area contributed by atoms with Crippen LogP contribution in [0.3, 0.4) is 0 Å². The molecular weight excluding hydrogens is 359 g/mol. The van der Waals surface area contributed by atoms with Gasteiger partial charge >= 0.3 is 7.60 Å². The molecule has 2 aromatic heterocycles. The summed E-state index contributed by atoms with van der Waals surface area (Å²) in [5.41, 5.74) is 4.69. The van der Waals surface area contributed by atoms with Gasteiger partial charge in [-0.3, -0.25) is 14.5 Å². The van der Waals surface area contributed by atoms with E-state index in [0.29, 0.717) is 13.2 Å². The van der Waals surface area contributed by atoms with Crippen LogP contribution in [0.25, 0.3) is 22.5 Å². The van der Waals surface area contributed by atoms with Crippen molar-refractivity contribution in [3.63, 3.8) is 0 Å². The Hall–Kier alpha value is -2.33. The Morgan fingerprint density at radius 2 is 1.52 bits per heavy atom. The molecule has 0 saturated heterocycles. The first-order valence-electron chi connectivity index (χ1n) is 8.98. The first-order chi connectivity index (χ1) is 13.1. The molecule has 5 nitrogen and oxygen atoms in total. The molecule has 0 N–H and O–H groups in total. The summed E-state index contributed by atoms with van der Waals surface area (Å²) >= 11 is 0. The molecule has 1 aromatic carbocycles. The minimum absolute atomic E-state index is 0.268. The Labute approximate surface area is 159 Å². The molecule has 3 aromatic rings. The third kappa shape index (κ3) is 5.10. The fraction of sp³-hybridized carbons (Fsp3) is 0.238. The Bertz CT molecular complexity index is 904. The Balaban J connectivity index is 1.81. The molecule has 0 saturated carbocycles. The van der Waals surface area contributed by atoms with Gasteiger partial charge < -0.3 is 9.05 Å². The lowest BCUT2D eigenvalue weighted by molar-refractivity contribution is 0.219. The lowest BCUT2D eigenvalue weighted by atomic mass is 10.0. The number of nitrogens with zero attached hydrogens (tertiary/aromatic N) is 2. The summed E-state index contributed by atoms with van der Waals surface area (Å²) in [4.78, 5) is 8.76. The van der Waals surface area contributed by atoms with Gasteiger partial charge in [0.25, 0.3) is 0 Å². The van der Waals surface area contributed by atoms with E-state index in [1.807, 2.05) is 68.4 Å². The van der Waals surface area contributed by atoms with Crippen LogP contribution in [0.1, 0.15) is 19.4 Å². The highest BCUT2D eigenvalue weighted by Gasteiger charge is 2.23. The number of benzene rings is 1. The first-order valence-corrected chi connectivity index (χ1v) is 10.7. The Kier molecular flexibility index (Phi) is 6.51. The van der Waals surface area contributed by atoms with Gasteiger partial charge in [-0.05, 0) is 54.8 Å². The lowest BCUT2D eigenvalue weighted by Gasteiger charge is -2.17. The fourth-order valence-electron chi connectivity index (χ4n) is 2.81. The molecule has 0 spiro atoms. The minimum atomic E-state index is -3.09. The SMILES string of the molecule is CCOP(=O)(Cc1ccc(-c2ccnc(-c3ccccn3)c2)cc1)OCC. The standard InChI is InChI=1S/C21H23N2O3P/c1-3-25-27(24,26-4-2)16-17-8-10-18(11-9-17)19-12-14-23-21(15-19)20-7-5-6-13-22-20/h5-15H,3-4,16H2,1-2H3. The third-order valence-corrected chi connectivity index (χ3v) is 6.06. The highest BCUT2D eigenvalue weighted by atomic mass is 31.2. The largest absolute Gasteiger partial charge is 0.335 e. The number of pyridine rings is 2. The Morgan fingerprint density at radius 3 is 2.15 bits per heavy atom. The zero-order chi connectivity index (χ0) is 19.1. The van der Waals surface area contributed by atoms with E-state index in [4.69, 9.17) is 9.05 Å². The molecule has 0 bridgehead atoms. The van der Waals surface area contributed by atoms with E-state index in [9.17, 15) is 4.57 Å². The zero-order valence-electron chi connectivity index (χ0n) is 15.5. The van der Waals surface area contributed by atoms with Crippen LogP contribution in [0, 0.1) is 0 Å². The maximum atomic E-state index is 12.7. The van der Waals surface area contributed by atoms with Crippen molar-refractivity contribution in [1.29, 1.82) is 0 Å². The molecule has 0 unspecified atom stereocenters. The first kappa shape index (κ1) is 19.4. The van der Waals surface area contributed by atoms with Crippen LogP contribution in [-0.2, 0) is 19.8 Å². The topological polar surface area (TPSA) is 61.3 Å². The maximum absolute atomic E-state index is 12.7. The normalized spacial score (nSPS) is 11.5. The van der Waals surface area contributed by atoms with Crippen molar-refractivity contribution in [3.8, 4) is 22.5 Å². The third-order valence-electron chi connectivity index (χ3n) is 4.00. The molecule has 0 radical (unpaired) electrons.